The van der Waals surface area contributed by atoms with Crippen LogP contribution >= 0.6 is 0 Å². The van der Waals surface area contributed by atoms with Gasteiger partial charge < -0.3 is 16.0 Å². The molecule has 3 N–H and O–H groups in total. The molecule has 0 saturated carbocycles. The van der Waals surface area contributed by atoms with E-state index in [4.69, 9.17) is 5.73 Å². The molecule has 1 heterocycles. The van der Waals surface area contributed by atoms with Crippen LogP contribution in [0.25, 0.3) is 0 Å². The minimum absolute atomic E-state index is 0.0226. The van der Waals surface area contributed by atoms with E-state index in [9.17, 15) is 9.59 Å². The van der Waals surface area contributed by atoms with Gasteiger partial charge in [-0.1, -0.05) is 31.5 Å². The van der Waals surface area contributed by atoms with E-state index in [1.807, 2.05) is 39.0 Å². The maximum atomic E-state index is 12.8. The predicted octanol–water partition coefficient (Wildman–Crippen LogP) is 1.70. The summed E-state index contributed by atoms with van der Waals surface area (Å²) in [6.45, 7) is 7.13. The predicted molar refractivity (Wildman–Crippen MR) is 91.1 cm³/mol. The molecule has 0 aromatic heterocycles. The smallest absolute Gasteiger partial charge is 0.251 e. The first-order valence-electron chi connectivity index (χ1n) is 8.30. The number of rotatable bonds is 4. The van der Waals surface area contributed by atoms with Crippen LogP contribution in [-0.4, -0.2) is 41.9 Å². The minimum Gasteiger partial charge on any atom is -0.340 e. The first-order chi connectivity index (χ1) is 10.9. The molecule has 1 aliphatic heterocycles. The number of amides is 2. The second kappa shape index (κ2) is 7.59. The van der Waals surface area contributed by atoms with Crippen LogP contribution in [0.15, 0.2) is 24.3 Å². The van der Waals surface area contributed by atoms with Crippen molar-refractivity contribution in [3.05, 3.63) is 35.4 Å². The molecular formula is C18H27N3O2. The Labute approximate surface area is 138 Å². The summed E-state index contributed by atoms with van der Waals surface area (Å²) in [5.74, 6) is -0.215. The molecule has 2 unspecified atom stereocenters. The van der Waals surface area contributed by atoms with Gasteiger partial charge in [-0.3, -0.25) is 9.59 Å². The van der Waals surface area contributed by atoms with Crippen LogP contribution in [-0.2, 0) is 4.79 Å². The molecule has 23 heavy (non-hydrogen) atoms. The summed E-state index contributed by atoms with van der Waals surface area (Å²) < 4.78 is 0. The normalized spacial score (nSPS) is 19.5. The summed E-state index contributed by atoms with van der Waals surface area (Å²) in [4.78, 5) is 27.0. The Morgan fingerprint density at radius 3 is 2.70 bits per heavy atom. The van der Waals surface area contributed by atoms with Crippen molar-refractivity contribution in [1.29, 1.82) is 0 Å². The molecule has 1 aromatic rings. The van der Waals surface area contributed by atoms with Gasteiger partial charge in [0.05, 0.1) is 0 Å². The van der Waals surface area contributed by atoms with Gasteiger partial charge in [0.1, 0.15) is 6.04 Å². The van der Waals surface area contributed by atoms with E-state index < -0.39 is 6.04 Å². The summed E-state index contributed by atoms with van der Waals surface area (Å²) >= 11 is 0. The summed E-state index contributed by atoms with van der Waals surface area (Å²) in [6.07, 6.45) is 1.87. The Balaban J connectivity index is 2.09. The highest BCUT2D eigenvalue weighted by molar-refractivity contribution is 5.97. The van der Waals surface area contributed by atoms with Crippen LogP contribution < -0.4 is 11.1 Å². The van der Waals surface area contributed by atoms with E-state index in [1.165, 1.54) is 0 Å². The Morgan fingerprint density at radius 1 is 1.35 bits per heavy atom. The molecule has 0 radical (unpaired) electrons. The molecular weight excluding hydrogens is 290 g/mol. The monoisotopic (exact) mass is 317 g/mol. The highest BCUT2D eigenvalue weighted by atomic mass is 16.2. The second-order valence-corrected chi connectivity index (χ2v) is 6.75. The standard InChI is InChI=1S/C18H27N3O2/c1-12(2)16(18(23)21-9-5-8-15(19)11-21)20-17(22)14-7-4-6-13(3)10-14/h4,6-7,10,12,15-16H,5,8-9,11,19H2,1-3H3,(H,20,22). The van der Waals surface area contributed by atoms with Crippen molar-refractivity contribution >= 4 is 11.8 Å². The van der Waals surface area contributed by atoms with E-state index in [-0.39, 0.29) is 23.8 Å². The summed E-state index contributed by atoms with van der Waals surface area (Å²) in [7, 11) is 0. The summed E-state index contributed by atoms with van der Waals surface area (Å²) in [5, 5.41) is 2.90. The molecule has 0 bridgehead atoms. The Morgan fingerprint density at radius 2 is 2.09 bits per heavy atom. The van der Waals surface area contributed by atoms with Crippen LogP contribution in [0.3, 0.4) is 0 Å². The third-order valence-electron chi connectivity index (χ3n) is 4.27. The summed E-state index contributed by atoms with van der Waals surface area (Å²) in [6, 6.07) is 6.90. The molecule has 2 amide bonds. The Bertz CT molecular complexity index is 571. The first-order valence-corrected chi connectivity index (χ1v) is 8.30. The van der Waals surface area contributed by atoms with Crippen molar-refractivity contribution in [2.24, 2.45) is 11.7 Å². The minimum atomic E-state index is -0.520. The molecule has 5 nitrogen and oxygen atoms in total. The molecule has 0 spiro atoms. The summed E-state index contributed by atoms with van der Waals surface area (Å²) in [5.41, 5.74) is 7.57. The first kappa shape index (κ1) is 17.5. The topological polar surface area (TPSA) is 75.4 Å². The van der Waals surface area contributed by atoms with Gasteiger partial charge in [-0.05, 0) is 37.8 Å². The van der Waals surface area contributed by atoms with Crippen molar-refractivity contribution in [2.75, 3.05) is 13.1 Å². The fourth-order valence-electron chi connectivity index (χ4n) is 2.93. The molecule has 126 valence electrons. The third kappa shape index (κ3) is 4.55. The number of nitrogens with two attached hydrogens (primary N) is 1. The molecule has 0 aliphatic carbocycles. The lowest BCUT2D eigenvalue weighted by Crippen LogP contribution is -2.55. The molecule has 2 atom stereocenters. The van der Waals surface area contributed by atoms with E-state index in [2.05, 4.69) is 5.32 Å². The van der Waals surface area contributed by atoms with Gasteiger partial charge in [-0.25, -0.2) is 0 Å². The Kier molecular flexibility index (Phi) is 5.77. The van der Waals surface area contributed by atoms with E-state index in [1.54, 1.807) is 11.0 Å². The van der Waals surface area contributed by atoms with Crippen LogP contribution in [0.1, 0.15) is 42.6 Å². The fourth-order valence-corrected chi connectivity index (χ4v) is 2.93. The zero-order chi connectivity index (χ0) is 17.0. The van der Waals surface area contributed by atoms with Gasteiger partial charge >= 0.3 is 0 Å². The van der Waals surface area contributed by atoms with Crippen molar-refractivity contribution in [2.45, 2.75) is 45.7 Å². The van der Waals surface area contributed by atoms with Gasteiger partial charge in [0.15, 0.2) is 0 Å². The van der Waals surface area contributed by atoms with E-state index in [0.717, 1.165) is 24.9 Å². The Hall–Kier alpha value is -1.88. The second-order valence-electron chi connectivity index (χ2n) is 6.75. The molecule has 2 rings (SSSR count). The largest absolute Gasteiger partial charge is 0.340 e. The number of hydrogen-bond donors (Lipinski definition) is 2. The lowest BCUT2D eigenvalue weighted by Gasteiger charge is -2.34. The maximum absolute atomic E-state index is 12.8. The molecule has 1 aliphatic rings. The van der Waals surface area contributed by atoms with Crippen LogP contribution in [0.5, 0.6) is 0 Å². The molecule has 1 saturated heterocycles. The number of nitrogens with one attached hydrogen (secondary N) is 1. The quantitative estimate of drug-likeness (QED) is 0.887. The SMILES string of the molecule is Cc1cccc(C(=O)NC(C(=O)N2CCCC(N)C2)C(C)C)c1. The maximum Gasteiger partial charge on any atom is 0.251 e. The number of carbonyl (C=O) groups excluding carboxylic acids is 2. The number of hydrogen-bond acceptors (Lipinski definition) is 3. The fraction of sp³-hybridized carbons (Fsp3) is 0.556. The van der Waals surface area contributed by atoms with Crippen molar-refractivity contribution in [3.63, 3.8) is 0 Å². The number of piperidine rings is 1. The number of likely N-dealkylation sites (tertiary alicyclic amines) is 1. The van der Waals surface area contributed by atoms with Crippen molar-refractivity contribution in [1.82, 2.24) is 10.2 Å². The third-order valence-corrected chi connectivity index (χ3v) is 4.27. The zero-order valence-electron chi connectivity index (χ0n) is 14.2. The molecule has 1 aromatic carbocycles. The van der Waals surface area contributed by atoms with Crippen molar-refractivity contribution in [3.8, 4) is 0 Å². The number of nitrogens with zero attached hydrogens (tertiary/aromatic N) is 1. The average Bonchev–Trinajstić information content (AvgIpc) is 2.51. The van der Waals surface area contributed by atoms with E-state index >= 15 is 0 Å². The van der Waals surface area contributed by atoms with E-state index in [0.29, 0.717) is 12.1 Å². The number of carbonyl (C=O) groups is 2. The van der Waals surface area contributed by atoms with Gasteiger partial charge in [0, 0.05) is 24.7 Å². The van der Waals surface area contributed by atoms with Crippen LogP contribution in [0.4, 0.5) is 0 Å². The zero-order valence-corrected chi connectivity index (χ0v) is 14.2. The van der Waals surface area contributed by atoms with Crippen LogP contribution in [0, 0.1) is 12.8 Å². The number of benzene rings is 1. The lowest BCUT2D eigenvalue weighted by atomic mass is 9.99. The van der Waals surface area contributed by atoms with Gasteiger partial charge in [-0.2, -0.15) is 0 Å². The average molecular weight is 317 g/mol. The van der Waals surface area contributed by atoms with Crippen molar-refractivity contribution < 1.29 is 9.59 Å². The van der Waals surface area contributed by atoms with Crippen LogP contribution in [0.2, 0.25) is 0 Å². The van der Waals surface area contributed by atoms with Gasteiger partial charge in [0.25, 0.3) is 5.91 Å². The lowest BCUT2D eigenvalue weighted by molar-refractivity contribution is -0.135. The van der Waals surface area contributed by atoms with Gasteiger partial charge in [0.2, 0.25) is 5.91 Å². The highest BCUT2D eigenvalue weighted by Gasteiger charge is 2.31. The molecule has 1 fully saturated rings. The number of aryl methyl sites for hydroxylation is 1. The molecule has 5 heteroatoms. The van der Waals surface area contributed by atoms with Gasteiger partial charge in [-0.15, -0.1) is 0 Å². The highest BCUT2D eigenvalue weighted by Crippen LogP contribution is 2.14.